The van der Waals surface area contributed by atoms with E-state index in [0.29, 0.717) is 18.9 Å². The zero-order valence-electron chi connectivity index (χ0n) is 11.8. The maximum atomic E-state index is 10.9. The monoisotopic (exact) mass is 306 g/mol. The van der Waals surface area contributed by atoms with Gasteiger partial charge in [0.25, 0.3) is 0 Å². The van der Waals surface area contributed by atoms with Crippen LogP contribution in [0.3, 0.4) is 0 Å². The Morgan fingerprint density at radius 3 is 3.05 bits per heavy atom. The van der Waals surface area contributed by atoms with Crippen LogP contribution in [0.2, 0.25) is 0 Å². The van der Waals surface area contributed by atoms with E-state index in [1.165, 1.54) is 6.07 Å². The third-order valence-corrected chi connectivity index (χ3v) is 3.89. The van der Waals surface area contributed by atoms with Crippen molar-refractivity contribution in [1.29, 1.82) is 0 Å². The van der Waals surface area contributed by atoms with Crippen LogP contribution in [0.4, 0.5) is 0 Å². The number of carboxylic acid groups (broad SMARTS) is 1. The van der Waals surface area contributed by atoms with Crippen LogP contribution in [0.15, 0.2) is 35.8 Å². The summed E-state index contributed by atoms with van der Waals surface area (Å²) in [5.41, 5.74) is 0.231. The molecule has 1 atom stereocenters. The first-order valence-electron chi connectivity index (χ1n) is 6.79. The average Bonchev–Trinajstić information content (AvgIpc) is 3.02. The summed E-state index contributed by atoms with van der Waals surface area (Å²) in [5.74, 6) is -0.382. The third-order valence-electron chi connectivity index (χ3n) is 3.00. The lowest BCUT2D eigenvalue weighted by molar-refractivity contribution is 0.0696. The van der Waals surface area contributed by atoms with E-state index in [2.05, 4.69) is 17.2 Å². The first-order chi connectivity index (χ1) is 10.2. The van der Waals surface area contributed by atoms with Gasteiger partial charge < -0.3 is 15.2 Å². The highest BCUT2D eigenvalue weighted by Crippen LogP contribution is 2.18. The topological polar surface area (TPSA) is 71.5 Å². The lowest BCUT2D eigenvalue weighted by atomic mass is 10.2. The van der Waals surface area contributed by atoms with Gasteiger partial charge in [0.05, 0.1) is 11.6 Å². The predicted molar refractivity (Wildman–Crippen MR) is 82.0 cm³/mol. The molecule has 0 saturated heterocycles. The van der Waals surface area contributed by atoms with Gasteiger partial charge in [-0.25, -0.2) is 9.78 Å². The number of hydrogen-bond donors (Lipinski definition) is 2. The molecule has 21 heavy (non-hydrogen) atoms. The maximum Gasteiger partial charge on any atom is 0.335 e. The number of rotatable bonds is 8. The molecule has 0 bridgehead atoms. The minimum absolute atomic E-state index is 0.231. The summed E-state index contributed by atoms with van der Waals surface area (Å²) in [6.07, 6.45) is 2.76. The Kier molecular flexibility index (Phi) is 5.71. The molecule has 1 aromatic carbocycles. The Labute approximate surface area is 127 Å². The first kappa shape index (κ1) is 15.5. The van der Waals surface area contributed by atoms with Gasteiger partial charge >= 0.3 is 5.97 Å². The molecule has 2 N–H and O–H groups in total. The van der Waals surface area contributed by atoms with Crippen molar-refractivity contribution in [3.63, 3.8) is 0 Å². The Morgan fingerprint density at radius 2 is 2.38 bits per heavy atom. The Balaban J connectivity index is 1.79. The molecule has 0 amide bonds. The fourth-order valence-corrected chi connectivity index (χ4v) is 2.73. The molecule has 1 unspecified atom stereocenters. The van der Waals surface area contributed by atoms with E-state index >= 15 is 0 Å². The largest absolute Gasteiger partial charge is 0.492 e. The van der Waals surface area contributed by atoms with E-state index < -0.39 is 5.97 Å². The second-order valence-corrected chi connectivity index (χ2v) is 5.39. The van der Waals surface area contributed by atoms with E-state index in [-0.39, 0.29) is 11.6 Å². The summed E-state index contributed by atoms with van der Waals surface area (Å²) in [4.78, 5) is 15.2. The van der Waals surface area contributed by atoms with Crippen LogP contribution < -0.4 is 10.1 Å². The predicted octanol–water partition coefficient (Wildman–Crippen LogP) is 2.96. The minimum Gasteiger partial charge on any atom is -0.492 e. The molecule has 2 rings (SSSR count). The van der Waals surface area contributed by atoms with Crippen molar-refractivity contribution in [2.24, 2.45) is 0 Å². The van der Waals surface area contributed by atoms with Crippen molar-refractivity contribution in [3.05, 3.63) is 46.4 Å². The lowest BCUT2D eigenvalue weighted by Crippen LogP contribution is -2.25. The molecule has 0 spiro atoms. The summed E-state index contributed by atoms with van der Waals surface area (Å²) < 4.78 is 5.57. The molecule has 2 aromatic rings. The molecule has 0 fully saturated rings. The molecule has 0 radical (unpaired) electrons. The summed E-state index contributed by atoms with van der Waals surface area (Å²) >= 11 is 1.64. The molecule has 1 heterocycles. The smallest absolute Gasteiger partial charge is 0.335 e. The molecular formula is C15H18N2O3S. The van der Waals surface area contributed by atoms with Crippen LogP contribution in [-0.2, 0) is 0 Å². The molecule has 5 nitrogen and oxygen atoms in total. The molecule has 0 aliphatic carbocycles. The third kappa shape index (κ3) is 4.54. The van der Waals surface area contributed by atoms with Gasteiger partial charge in [-0.2, -0.15) is 0 Å². The number of carbonyl (C=O) groups is 1. The molecule has 0 saturated carbocycles. The highest BCUT2D eigenvalue weighted by Gasteiger charge is 2.10. The van der Waals surface area contributed by atoms with Gasteiger partial charge in [-0.3, -0.25) is 0 Å². The van der Waals surface area contributed by atoms with Crippen LogP contribution >= 0.6 is 11.3 Å². The van der Waals surface area contributed by atoms with E-state index in [0.717, 1.165) is 11.4 Å². The number of thiazole rings is 1. The zero-order valence-corrected chi connectivity index (χ0v) is 12.6. The molecule has 0 aliphatic rings. The Morgan fingerprint density at radius 1 is 1.52 bits per heavy atom. The van der Waals surface area contributed by atoms with Gasteiger partial charge in [0.1, 0.15) is 17.4 Å². The van der Waals surface area contributed by atoms with Crippen LogP contribution in [0.5, 0.6) is 5.75 Å². The number of hydrogen-bond acceptors (Lipinski definition) is 5. The quantitative estimate of drug-likeness (QED) is 0.734. The molecular weight excluding hydrogens is 288 g/mol. The number of aromatic carboxylic acids is 1. The number of aromatic nitrogens is 1. The van der Waals surface area contributed by atoms with E-state index in [1.54, 1.807) is 35.7 Å². The van der Waals surface area contributed by atoms with Gasteiger partial charge in [-0.1, -0.05) is 13.0 Å². The number of ether oxygens (including phenoxy) is 1. The number of nitrogens with zero attached hydrogens (tertiary/aromatic N) is 1. The number of benzene rings is 1. The Hall–Kier alpha value is -1.92. The second kappa shape index (κ2) is 7.75. The van der Waals surface area contributed by atoms with E-state index in [4.69, 9.17) is 9.84 Å². The maximum absolute atomic E-state index is 10.9. The lowest BCUT2D eigenvalue weighted by Gasteiger charge is -2.14. The van der Waals surface area contributed by atoms with Crippen molar-refractivity contribution in [2.75, 3.05) is 13.2 Å². The van der Waals surface area contributed by atoms with Crippen molar-refractivity contribution in [1.82, 2.24) is 10.3 Å². The van der Waals surface area contributed by atoms with Crippen molar-refractivity contribution in [2.45, 2.75) is 19.4 Å². The van der Waals surface area contributed by atoms with Crippen LogP contribution in [0.1, 0.15) is 34.8 Å². The number of carboxylic acids is 1. The van der Waals surface area contributed by atoms with Gasteiger partial charge in [-0.05, 0) is 24.6 Å². The van der Waals surface area contributed by atoms with Crippen molar-refractivity contribution in [3.8, 4) is 5.75 Å². The summed E-state index contributed by atoms with van der Waals surface area (Å²) in [6.45, 7) is 3.26. The number of nitrogens with one attached hydrogen (secondary N) is 1. The molecule has 1 aromatic heterocycles. The van der Waals surface area contributed by atoms with E-state index in [1.807, 2.05) is 5.38 Å². The summed E-state index contributed by atoms with van der Waals surface area (Å²) in [7, 11) is 0. The molecule has 112 valence electrons. The normalized spacial score (nSPS) is 12.0. The minimum atomic E-state index is -0.951. The summed E-state index contributed by atoms with van der Waals surface area (Å²) in [5, 5.41) is 15.3. The van der Waals surface area contributed by atoms with Crippen LogP contribution in [0, 0.1) is 0 Å². The molecule has 6 heteroatoms. The van der Waals surface area contributed by atoms with Gasteiger partial charge in [0, 0.05) is 18.1 Å². The average molecular weight is 306 g/mol. The second-order valence-electron chi connectivity index (χ2n) is 4.47. The Bertz CT molecular complexity index is 572. The highest BCUT2D eigenvalue weighted by molar-refractivity contribution is 7.09. The SMILES string of the molecule is CCC(NCCOc1cccc(C(=O)O)c1)c1nccs1. The van der Waals surface area contributed by atoms with Gasteiger partial charge in [-0.15, -0.1) is 11.3 Å². The van der Waals surface area contributed by atoms with Crippen molar-refractivity contribution >= 4 is 17.3 Å². The van der Waals surface area contributed by atoms with Gasteiger partial charge in [0.15, 0.2) is 0 Å². The van der Waals surface area contributed by atoms with E-state index in [9.17, 15) is 4.79 Å². The van der Waals surface area contributed by atoms with Crippen molar-refractivity contribution < 1.29 is 14.6 Å². The van der Waals surface area contributed by atoms with Crippen LogP contribution in [0.25, 0.3) is 0 Å². The van der Waals surface area contributed by atoms with Crippen LogP contribution in [-0.4, -0.2) is 29.2 Å². The first-order valence-corrected chi connectivity index (χ1v) is 7.67. The fourth-order valence-electron chi connectivity index (χ4n) is 1.93. The fraction of sp³-hybridized carbons (Fsp3) is 0.333. The molecule has 0 aliphatic heterocycles. The van der Waals surface area contributed by atoms with Gasteiger partial charge in [0.2, 0.25) is 0 Å². The standard InChI is InChI=1S/C15H18N2O3S/c1-2-13(14-17-7-9-21-14)16-6-8-20-12-5-3-4-11(10-12)15(18)19/h3-5,7,9-10,13,16H,2,6,8H2,1H3,(H,18,19). The highest BCUT2D eigenvalue weighted by atomic mass is 32.1. The summed E-state index contributed by atoms with van der Waals surface area (Å²) in [6, 6.07) is 6.74. The zero-order chi connectivity index (χ0) is 15.1.